The number of rotatable bonds is 5. The van der Waals surface area contributed by atoms with Crippen LogP contribution in [0.1, 0.15) is 15.9 Å². The minimum atomic E-state index is -0.484. The Labute approximate surface area is 169 Å². The standard InChI is InChI=1S/C21H16BrNO3S/c1-26-21(25)19-17(15-5-3-2-4-6-15)13-27-20(19)23-18(24)12-9-14-7-10-16(22)11-8-14/h2-13H,1H3,(H,23,24). The van der Waals surface area contributed by atoms with E-state index in [9.17, 15) is 9.59 Å². The lowest BCUT2D eigenvalue weighted by Crippen LogP contribution is -2.11. The van der Waals surface area contributed by atoms with E-state index in [0.717, 1.165) is 21.2 Å². The highest BCUT2D eigenvalue weighted by atomic mass is 79.9. The summed E-state index contributed by atoms with van der Waals surface area (Å²) in [6, 6.07) is 17.1. The minimum absolute atomic E-state index is 0.315. The molecule has 6 heteroatoms. The number of nitrogens with one attached hydrogen (secondary N) is 1. The van der Waals surface area contributed by atoms with Crippen LogP contribution in [0.2, 0.25) is 0 Å². The average Bonchev–Trinajstić information content (AvgIpc) is 3.11. The van der Waals surface area contributed by atoms with E-state index in [-0.39, 0.29) is 5.91 Å². The molecule has 0 aliphatic carbocycles. The number of carbonyl (C=O) groups is 2. The average molecular weight is 442 g/mol. The molecule has 0 spiro atoms. The Bertz CT molecular complexity index is 978. The van der Waals surface area contributed by atoms with Crippen molar-refractivity contribution < 1.29 is 14.3 Å². The molecule has 2 aromatic carbocycles. The highest BCUT2D eigenvalue weighted by Crippen LogP contribution is 2.36. The van der Waals surface area contributed by atoms with Crippen molar-refractivity contribution in [3.8, 4) is 11.1 Å². The van der Waals surface area contributed by atoms with Gasteiger partial charge in [-0.3, -0.25) is 4.79 Å². The molecule has 1 heterocycles. The van der Waals surface area contributed by atoms with Gasteiger partial charge in [0.2, 0.25) is 5.91 Å². The van der Waals surface area contributed by atoms with E-state index in [4.69, 9.17) is 4.74 Å². The SMILES string of the molecule is COC(=O)c1c(-c2ccccc2)csc1NC(=O)C=Cc1ccc(Br)cc1. The van der Waals surface area contributed by atoms with E-state index in [1.165, 1.54) is 24.5 Å². The molecule has 1 aromatic heterocycles. The fourth-order valence-corrected chi connectivity index (χ4v) is 3.71. The van der Waals surface area contributed by atoms with Gasteiger partial charge < -0.3 is 10.1 Å². The predicted molar refractivity (Wildman–Crippen MR) is 113 cm³/mol. The van der Waals surface area contributed by atoms with Crippen molar-refractivity contribution in [3.63, 3.8) is 0 Å². The van der Waals surface area contributed by atoms with E-state index >= 15 is 0 Å². The molecular weight excluding hydrogens is 426 g/mol. The van der Waals surface area contributed by atoms with Crippen molar-refractivity contribution in [3.05, 3.63) is 81.7 Å². The maximum atomic E-state index is 12.3. The van der Waals surface area contributed by atoms with Crippen LogP contribution in [0.15, 0.2) is 70.5 Å². The van der Waals surface area contributed by atoms with Crippen LogP contribution in [0.4, 0.5) is 5.00 Å². The Morgan fingerprint density at radius 1 is 1.07 bits per heavy atom. The van der Waals surface area contributed by atoms with Gasteiger partial charge in [-0.15, -0.1) is 11.3 Å². The topological polar surface area (TPSA) is 55.4 Å². The molecule has 0 saturated carbocycles. The molecule has 136 valence electrons. The number of thiophene rings is 1. The van der Waals surface area contributed by atoms with Gasteiger partial charge in [0, 0.05) is 21.5 Å². The molecule has 1 amide bonds. The summed E-state index contributed by atoms with van der Waals surface area (Å²) >= 11 is 4.67. The molecule has 0 aliphatic rings. The molecule has 0 saturated heterocycles. The van der Waals surface area contributed by atoms with Crippen molar-refractivity contribution in [2.24, 2.45) is 0 Å². The first kappa shape index (κ1) is 19.1. The van der Waals surface area contributed by atoms with Crippen LogP contribution in [0.3, 0.4) is 0 Å². The van der Waals surface area contributed by atoms with Gasteiger partial charge in [-0.2, -0.15) is 0 Å². The Balaban J connectivity index is 1.84. The van der Waals surface area contributed by atoms with Gasteiger partial charge in [0.1, 0.15) is 10.6 Å². The number of hydrogen-bond donors (Lipinski definition) is 1. The van der Waals surface area contributed by atoms with Crippen molar-refractivity contribution in [2.45, 2.75) is 0 Å². The van der Waals surface area contributed by atoms with Crippen LogP contribution in [0.25, 0.3) is 17.2 Å². The smallest absolute Gasteiger partial charge is 0.341 e. The number of anilines is 1. The molecule has 0 bridgehead atoms. The van der Waals surface area contributed by atoms with E-state index in [1.54, 1.807) is 6.08 Å². The number of methoxy groups -OCH3 is 1. The molecule has 27 heavy (non-hydrogen) atoms. The van der Waals surface area contributed by atoms with Crippen molar-refractivity contribution in [1.29, 1.82) is 0 Å². The normalized spacial score (nSPS) is 10.7. The molecule has 0 fully saturated rings. The molecule has 4 nitrogen and oxygen atoms in total. The molecule has 3 rings (SSSR count). The predicted octanol–water partition coefficient (Wildman–Crippen LogP) is 5.62. The summed E-state index contributed by atoms with van der Waals surface area (Å²) < 4.78 is 5.88. The van der Waals surface area contributed by atoms with Gasteiger partial charge in [0.15, 0.2) is 0 Å². The molecule has 1 N–H and O–H groups in total. The Kier molecular flexibility index (Phi) is 6.21. The summed E-state index contributed by atoms with van der Waals surface area (Å²) in [5.41, 5.74) is 2.89. The maximum absolute atomic E-state index is 12.3. The summed E-state index contributed by atoms with van der Waals surface area (Å²) in [6.45, 7) is 0. The zero-order valence-corrected chi connectivity index (χ0v) is 16.8. The zero-order valence-electron chi connectivity index (χ0n) is 14.4. The van der Waals surface area contributed by atoms with Gasteiger partial charge in [-0.25, -0.2) is 4.79 Å². The van der Waals surface area contributed by atoms with Crippen LogP contribution in [-0.2, 0) is 9.53 Å². The third-order valence-corrected chi connectivity index (χ3v) is 5.22. The number of halogens is 1. The van der Waals surface area contributed by atoms with E-state index in [2.05, 4.69) is 21.2 Å². The van der Waals surface area contributed by atoms with Crippen LogP contribution in [0.5, 0.6) is 0 Å². The third-order valence-electron chi connectivity index (χ3n) is 3.80. The minimum Gasteiger partial charge on any atom is -0.465 e. The van der Waals surface area contributed by atoms with Crippen LogP contribution in [-0.4, -0.2) is 19.0 Å². The highest BCUT2D eigenvalue weighted by Gasteiger charge is 2.21. The van der Waals surface area contributed by atoms with Gasteiger partial charge >= 0.3 is 5.97 Å². The van der Waals surface area contributed by atoms with Crippen molar-refractivity contribution in [1.82, 2.24) is 0 Å². The maximum Gasteiger partial charge on any atom is 0.341 e. The molecule has 3 aromatic rings. The lowest BCUT2D eigenvalue weighted by molar-refractivity contribution is -0.111. The lowest BCUT2D eigenvalue weighted by atomic mass is 10.0. The second kappa shape index (κ2) is 8.79. The fraction of sp³-hybridized carbons (Fsp3) is 0.0476. The third kappa shape index (κ3) is 4.72. The first-order valence-electron chi connectivity index (χ1n) is 8.08. The first-order valence-corrected chi connectivity index (χ1v) is 9.75. The van der Waals surface area contributed by atoms with E-state index in [0.29, 0.717) is 10.6 Å². The number of hydrogen-bond acceptors (Lipinski definition) is 4. The van der Waals surface area contributed by atoms with Crippen molar-refractivity contribution in [2.75, 3.05) is 12.4 Å². The Hall–Kier alpha value is -2.70. The number of amides is 1. The summed E-state index contributed by atoms with van der Waals surface area (Å²) in [5, 5.41) is 5.09. The van der Waals surface area contributed by atoms with E-state index in [1.807, 2.05) is 60.0 Å². The molecule has 0 radical (unpaired) electrons. The quantitative estimate of drug-likeness (QED) is 0.413. The number of carbonyl (C=O) groups excluding carboxylic acids is 2. The van der Waals surface area contributed by atoms with Crippen molar-refractivity contribution >= 4 is 50.2 Å². The summed E-state index contributed by atoms with van der Waals surface area (Å²) in [4.78, 5) is 24.6. The second-order valence-corrected chi connectivity index (χ2v) is 7.38. The number of esters is 1. The van der Waals surface area contributed by atoms with Gasteiger partial charge in [0.05, 0.1) is 7.11 Å². The molecule has 0 atom stereocenters. The lowest BCUT2D eigenvalue weighted by Gasteiger charge is -2.06. The Morgan fingerprint density at radius 3 is 2.44 bits per heavy atom. The van der Waals surface area contributed by atoms with Crippen LogP contribution in [0, 0.1) is 0 Å². The zero-order chi connectivity index (χ0) is 19.2. The first-order chi connectivity index (χ1) is 13.1. The largest absolute Gasteiger partial charge is 0.465 e. The summed E-state index contributed by atoms with van der Waals surface area (Å²) in [6.07, 6.45) is 3.15. The highest BCUT2D eigenvalue weighted by molar-refractivity contribution is 9.10. The summed E-state index contributed by atoms with van der Waals surface area (Å²) in [5.74, 6) is -0.799. The number of ether oxygens (including phenoxy) is 1. The van der Waals surface area contributed by atoms with Crippen LogP contribution >= 0.6 is 27.3 Å². The molecule has 0 aliphatic heterocycles. The Morgan fingerprint density at radius 2 is 1.78 bits per heavy atom. The number of benzene rings is 2. The van der Waals surface area contributed by atoms with Gasteiger partial charge in [0.25, 0.3) is 0 Å². The monoisotopic (exact) mass is 441 g/mol. The van der Waals surface area contributed by atoms with Gasteiger partial charge in [-0.1, -0.05) is 58.4 Å². The molecular formula is C21H16BrNO3S. The molecule has 0 unspecified atom stereocenters. The van der Waals surface area contributed by atoms with E-state index < -0.39 is 5.97 Å². The fourth-order valence-electron chi connectivity index (χ4n) is 2.48. The summed E-state index contributed by atoms with van der Waals surface area (Å²) in [7, 11) is 1.33. The second-order valence-electron chi connectivity index (χ2n) is 5.59. The van der Waals surface area contributed by atoms with Gasteiger partial charge in [-0.05, 0) is 29.3 Å². The van der Waals surface area contributed by atoms with Crippen LogP contribution < -0.4 is 5.32 Å².